The molecule has 0 spiro atoms. The minimum atomic E-state index is -2.14. The van der Waals surface area contributed by atoms with E-state index in [1.165, 1.54) is 0 Å². The molecular formula is C11H20N2O6. The van der Waals surface area contributed by atoms with Gasteiger partial charge in [-0.05, 0) is 32.7 Å². The number of carbonyl (C=O) groups excluding carboxylic acids is 2. The monoisotopic (exact) mass is 276 g/mol. The molecule has 1 atom stereocenters. The Bertz CT molecular complexity index is 333. The molecule has 110 valence electrons. The topological polar surface area (TPSA) is 128 Å². The fourth-order valence-corrected chi connectivity index (χ4v) is 1.51. The molecular weight excluding hydrogens is 256 g/mol. The Morgan fingerprint density at radius 3 is 2.37 bits per heavy atom. The average molecular weight is 276 g/mol. The van der Waals surface area contributed by atoms with Crippen molar-refractivity contribution < 1.29 is 29.0 Å². The molecule has 0 aliphatic rings. The minimum Gasteiger partial charge on any atom is -0.479 e. The molecule has 4 N–H and O–H groups in total. The summed E-state index contributed by atoms with van der Waals surface area (Å²) >= 11 is 0. The van der Waals surface area contributed by atoms with E-state index in [0.717, 1.165) is 7.11 Å². The molecule has 0 aliphatic heterocycles. The first kappa shape index (κ1) is 17.2. The van der Waals surface area contributed by atoms with Gasteiger partial charge in [0, 0.05) is 0 Å². The van der Waals surface area contributed by atoms with Crippen molar-refractivity contribution in [2.24, 2.45) is 5.73 Å². The van der Waals surface area contributed by atoms with E-state index < -0.39 is 23.6 Å². The summed E-state index contributed by atoms with van der Waals surface area (Å²) in [6.45, 7) is 1.98. The van der Waals surface area contributed by atoms with Crippen molar-refractivity contribution in [2.45, 2.75) is 31.7 Å². The molecule has 0 bridgehead atoms. The molecule has 1 amide bonds. The number of alkyl carbamates (subject to hydrolysis) is 1. The number of aliphatic carboxylic acids is 1. The number of carbonyl (C=O) groups is 3. The number of hydrogen-bond donors (Lipinski definition) is 3. The summed E-state index contributed by atoms with van der Waals surface area (Å²) in [5.41, 5.74) is 3.17. The number of hydrogen-bond acceptors (Lipinski definition) is 6. The maximum Gasteiger partial charge on any atom is 0.408 e. The number of esters is 1. The summed E-state index contributed by atoms with van der Waals surface area (Å²) in [5.74, 6) is -2.55. The largest absolute Gasteiger partial charge is 0.479 e. The van der Waals surface area contributed by atoms with Crippen LogP contribution >= 0.6 is 0 Å². The van der Waals surface area contributed by atoms with Crippen LogP contribution in [0.2, 0.25) is 0 Å². The zero-order valence-corrected chi connectivity index (χ0v) is 11.1. The highest BCUT2D eigenvalue weighted by atomic mass is 16.6. The molecule has 0 saturated heterocycles. The van der Waals surface area contributed by atoms with Gasteiger partial charge in [0.15, 0.2) is 0 Å². The Hall–Kier alpha value is -1.83. The second kappa shape index (κ2) is 8.30. The lowest BCUT2D eigenvalue weighted by molar-refractivity contribution is -0.161. The van der Waals surface area contributed by atoms with E-state index in [1.54, 1.807) is 6.92 Å². The van der Waals surface area contributed by atoms with Gasteiger partial charge in [-0.25, -0.2) is 14.4 Å². The van der Waals surface area contributed by atoms with Crippen LogP contribution in [0.4, 0.5) is 4.79 Å². The predicted octanol–water partition coefficient (Wildman–Crippen LogP) is -0.142. The van der Waals surface area contributed by atoms with Gasteiger partial charge in [-0.2, -0.15) is 0 Å². The zero-order valence-electron chi connectivity index (χ0n) is 11.1. The summed E-state index contributed by atoms with van der Waals surface area (Å²) in [4.78, 5) is 34.4. The van der Waals surface area contributed by atoms with Crippen LogP contribution < -0.4 is 11.1 Å². The second-order valence-corrected chi connectivity index (χ2v) is 3.79. The standard InChI is InChI=1S/C11H20N2O6/c1-3-19-10(17)13-11(8(14)15,9(16)18-2)6-4-5-7-12/h3-7,12H2,1-2H3,(H,13,17)(H,14,15)/t11-/m0/s1. The molecule has 0 radical (unpaired) electrons. The van der Waals surface area contributed by atoms with Gasteiger partial charge in [0.2, 0.25) is 5.54 Å². The molecule has 0 aliphatic carbocycles. The molecule has 0 heterocycles. The smallest absolute Gasteiger partial charge is 0.408 e. The molecule has 0 unspecified atom stereocenters. The van der Waals surface area contributed by atoms with E-state index in [-0.39, 0.29) is 13.0 Å². The molecule has 0 aromatic heterocycles. The Kier molecular flexibility index (Phi) is 7.50. The fourth-order valence-electron chi connectivity index (χ4n) is 1.51. The van der Waals surface area contributed by atoms with Crippen LogP contribution in [0.1, 0.15) is 26.2 Å². The molecule has 0 aromatic rings. The molecule has 0 saturated carbocycles. The van der Waals surface area contributed by atoms with E-state index in [4.69, 9.17) is 5.73 Å². The molecule has 19 heavy (non-hydrogen) atoms. The number of carboxylic acids is 1. The van der Waals surface area contributed by atoms with Crippen LogP contribution in [0.3, 0.4) is 0 Å². The quantitative estimate of drug-likeness (QED) is 0.319. The third-order valence-corrected chi connectivity index (χ3v) is 2.50. The number of methoxy groups -OCH3 is 1. The van der Waals surface area contributed by atoms with Crippen molar-refractivity contribution in [3.8, 4) is 0 Å². The van der Waals surface area contributed by atoms with E-state index in [0.29, 0.717) is 19.4 Å². The first-order chi connectivity index (χ1) is 8.94. The van der Waals surface area contributed by atoms with Crippen LogP contribution in [0.5, 0.6) is 0 Å². The van der Waals surface area contributed by atoms with Gasteiger partial charge >= 0.3 is 18.0 Å². The summed E-state index contributed by atoms with van der Waals surface area (Å²) < 4.78 is 9.07. The second-order valence-electron chi connectivity index (χ2n) is 3.79. The number of nitrogens with one attached hydrogen (secondary N) is 1. The van der Waals surface area contributed by atoms with E-state index in [9.17, 15) is 19.5 Å². The number of unbranched alkanes of at least 4 members (excludes halogenated alkanes) is 1. The normalized spacial score (nSPS) is 13.2. The first-order valence-corrected chi connectivity index (χ1v) is 5.91. The number of ether oxygens (including phenoxy) is 2. The Labute approximate surface area is 111 Å². The zero-order chi connectivity index (χ0) is 14.9. The SMILES string of the molecule is CCOC(=O)N[C@@](CCCCN)(C(=O)O)C(=O)OC. The number of rotatable bonds is 8. The van der Waals surface area contributed by atoms with E-state index in [2.05, 4.69) is 14.8 Å². The number of nitrogens with two attached hydrogens (primary N) is 1. The lowest BCUT2D eigenvalue weighted by Crippen LogP contribution is -2.60. The molecule has 8 nitrogen and oxygen atoms in total. The summed E-state index contributed by atoms with van der Waals surface area (Å²) in [7, 11) is 1.05. The van der Waals surface area contributed by atoms with E-state index >= 15 is 0 Å². The van der Waals surface area contributed by atoms with Crippen molar-refractivity contribution in [2.75, 3.05) is 20.3 Å². The van der Waals surface area contributed by atoms with Crippen LogP contribution in [0.15, 0.2) is 0 Å². The molecule has 8 heteroatoms. The summed E-state index contributed by atoms with van der Waals surface area (Å²) in [6.07, 6.45) is -0.227. The lowest BCUT2D eigenvalue weighted by atomic mass is 9.92. The van der Waals surface area contributed by atoms with Crippen molar-refractivity contribution in [3.63, 3.8) is 0 Å². The molecule has 0 fully saturated rings. The van der Waals surface area contributed by atoms with Crippen LogP contribution in [-0.4, -0.2) is 48.9 Å². The predicted molar refractivity (Wildman–Crippen MR) is 65.4 cm³/mol. The summed E-state index contributed by atoms with van der Waals surface area (Å²) in [6, 6.07) is 0. The average Bonchev–Trinajstić information content (AvgIpc) is 2.36. The third kappa shape index (κ3) is 4.74. The Balaban J connectivity index is 5.08. The fraction of sp³-hybridized carbons (Fsp3) is 0.727. The van der Waals surface area contributed by atoms with Gasteiger partial charge in [0.1, 0.15) is 0 Å². The van der Waals surface area contributed by atoms with Crippen LogP contribution in [0.25, 0.3) is 0 Å². The highest BCUT2D eigenvalue weighted by Crippen LogP contribution is 2.17. The highest BCUT2D eigenvalue weighted by Gasteiger charge is 2.49. The van der Waals surface area contributed by atoms with Gasteiger partial charge in [0.05, 0.1) is 13.7 Å². The molecule has 0 aromatic carbocycles. The first-order valence-electron chi connectivity index (χ1n) is 5.91. The number of carboxylic acid groups (broad SMARTS) is 1. The van der Waals surface area contributed by atoms with Gasteiger partial charge in [0.25, 0.3) is 0 Å². The Morgan fingerprint density at radius 2 is 1.95 bits per heavy atom. The lowest BCUT2D eigenvalue weighted by Gasteiger charge is -2.27. The van der Waals surface area contributed by atoms with Crippen LogP contribution in [0, 0.1) is 0 Å². The van der Waals surface area contributed by atoms with Gasteiger partial charge < -0.3 is 20.3 Å². The minimum absolute atomic E-state index is 0.0610. The van der Waals surface area contributed by atoms with Gasteiger partial charge in [-0.15, -0.1) is 0 Å². The highest BCUT2D eigenvalue weighted by molar-refractivity contribution is 6.06. The van der Waals surface area contributed by atoms with Crippen molar-refractivity contribution >= 4 is 18.0 Å². The van der Waals surface area contributed by atoms with Crippen LogP contribution in [-0.2, 0) is 19.1 Å². The van der Waals surface area contributed by atoms with E-state index in [1.807, 2.05) is 0 Å². The van der Waals surface area contributed by atoms with Gasteiger partial charge in [-0.3, -0.25) is 5.32 Å². The summed E-state index contributed by atoms with van der Waals surface area (Å²) in [5, 5.41) is 11.3. The van der Waals surface area contributed by atoms with Crippen molar-refractivity contribution in [1.29, 1.82) is 0 Å². The third-order valence-electron chi connectivity index (χ3n) is 2.50. The Morgan fingerprint density at radius 1 is 1.32 bits per heavy atom. The maximum atomic E-state index is 11.7. The van der Waals surface area contributed by atoms with Crippen molar-refractivity contribution in [1.82, 2.24) is 5.32 Å². The van der Waals surface area contributed by atoms with Gasteiger partial charge in [-0.1, -0.05) is 0 Å². The number of amides is 1. The molecule has 0 rings (SSSR count). The maximum absolute atomic E-state index is 11.7. The van der Waals surface area contributed by atoms with Crippen molar-refractivity contribution in [3.05, 3.63) is 0 Å².